The first-order valence-corrected chi connectivity index (χ1v) is 7.91. The quantitative estimate of drug-likeness (QED) is 0.694. The highest BCUT2D eigenvalue weighted by Gasteiger charge is 2.14. The van der Waals surface area contributed by atoms with Crippen LogP contribution in [-0.2, 0) is 0 Å². The second kappa shape index (κ2) is 6.26. The van der Waals surface area contributed by atoms with E-state index >= 15 is 0 Å². The third-order valence-electron chi connectivity index (χ3n) is 3.30. The lowest BCUT2D eigenvalue weighted by atomic mass is 10.0. The number of nitrogens with one attached hydrogen (secondary N) is 1. The third kappa shape index (κ3) is 3.42. The monoisotopic (exact) mass is 301 g/mol. The predicted molar refractivity (Wildman–Crippen MR) is 87.2 cm³/mol. The number of aryl methyl sites for hydroxylation is 4. The van der Waals surface area contributed by atoms with Crippen molar-refractivity contribution >= 4 is 23.4 Å². The highest BCUT2D eigenvalue weighted by Crippen LogP contribution is 2.23. The highest BCUT2D eigenvalue weighted by atomic mass is 32.2. The van der Waals surface area contributed by atoms with Crippen molar-refractivity contribution in [2.75, 3.05) is 11.6 Å². The van der Waals surface area contributed by atoms with Crippen molar-refractivity contribution in [3.63, 3.8) is 0 Å². The molecule has 2 aromatic rings. The van der Waals surface area contributed by atoms with E-state index in [1.807, 2.05) is 34.0 Å². The lowest BCUT2D eigenvalue weighted by Crippen LogP contribution is -2.16. The van der Waals surface area contributed by atoms with Crippen LogP contribution in [0.15, 0.2) is 23.5 Å². The first kappa shape index (κ1) is 15.5. The number of benzene rings is 1. The molecule has 1 N–H and O–H groups in total. The van der Waals surface area contributed by atoms with Crippen LogP contribution < -0.4 is 5.32 Å². The average molecular weight is 301 g/mol. The number of anilines is 1. The Morgan fingerprint density at radius 2 is 1.76 bits per heavy atom. The molecule has 1 aromatic heterocycles. The summed E-state index contributed by atoms with van der Waals surface area (Å²) in [5, 5.41) is 3.65. The number of hydrogen-bond donors (Lipinski definition) is 1. The molecule has 0 fully saturated rings. The van der Waals surface area contributed by atoms with Gasteiger partial charge in [-0.05, 0) is 45.1 Å². The zero-order valence-corrected chi connectivity index (χ0v) is 13.8. The van der Waals surface area contributed by atoms with E-state index in [1.165, 1.54) is 17.3 Å². The minimum Gasteiger partial charge on any atom is -0.321 e. The SMILES string of the molecule is CSc1ncc(C(=O)Nc2c(C)cc(C)cc2C)c(C)n1. The summed E-state index contributed by atoms with van der Waals surface area (Å²) < 4.78 is 0. The number of carbonyl (C=O) groups is 1. The molecule has 1 heterocycles. The molecule has 0 radical (unpaired) electrons. The molecule has 0 saturated heterocycles. The molecule has 0 spiro atoms. The maximum Gasteiger partial charge on any atom is 0.259 e. The molecule has 21 heavy (non-hydrogen) atoms. The van der Waals surface area contributed by atoms with Gasteiger partial charge in [0, 0.05) is 11.9 Å². The Morgan fingerprint density at radius 3 is 2.29 bits per heavy atom. The third-order valence-corrected chi connectivity index (χ3v) is 3.86. The fraction of sp³-hybridized carbons (Fsp3) is 0.312. The Labute approximate surface area is 129 Å². The predicted octanol–water partition coefficient (Wildman–Crippen LogP) is 3.68. The van der Waals surface area contributed by atoms with Gasteiger partial charge in [0.15, 0.2) is 5.16 Å². The van der Waals surface area contributed by atoms with E-state index in [9.17, 15) is 4.79 Å². The molecule has 1 aromatic carbocycles. The second-order valence-electron chi connectivity index (χ2n) is 5.08. The van der Waals surface area contributed by atoms with E-state index in [4.69, 9.17) is 0 Å². The fourth-order valence-electron chi connectivity index (χ4n) is 2.33. The van der Waals surface area contributed by atoms with Crippen molar-refractivity contribution in [2.45, 2.75) is 32.9 Å². The van der Waals surface area contributed by atoms with Crippen molar-refractivity contribution in [1.29, 1.82) is 0 Å². The van der Waals surface area contributed by atoms with Crippen molar-refractivity contribution in [1.82, 2.24) is 9.97 Å². The molecule has 0 atom stereocenters. The number of amides is 1. The molecule has 0 aliphatic rings. The van der Waals surface area contributed by atoms with Crippen LogP contribution in [-0.4, -0.2) is 22.1 Å². The normalized spacial score (nSPS) is 10.5. The summed E-state index contributed by atoms with van der Waals surface area (Å²) in [5.41, 5.74) is 5.35. The zero-order chi connectivity index (χ0) is 15.6. The number of rotatable bonds is 3. The standard InChI is InChI=1S/C16H19N3OS/c1-9-6-10(2)14(11(3)7-9)19-15(20)13-8-17-16(21-5)18-12(13)4/h6-8H,1-5H3,(H,19,20). The van der Waals surface area contributed by atoms with E-state index in [0.717, 1.165) is 16.8 Å². The molecule has 2 rings (SSSR count). The Hall–Kier alpha value is -1.88. The second-order valence-corrected chi connectivity index (χ2v) is 5.86. The molecule has 0 bridgehead atoms. The molecular weight excluding hydrogens is 282 g/mol. The Kier molecular flexibility index (Phi) is 4.63. The summed E-state index contributed by atoms with van der Waals surface area (Å²) in [6.45, 7) is 7.86. The Morgan fingerprint density at radius 1 is 1.14 bits per heavy atom. The molecule has 0 aliphatic carbocycles. The minimum absolute atomic E-state index is 0.171. The Balaban J connectivity index is 2.30. The number of hydrogen-bond acceptors (Lipinski definition) is 4. The summed E-state index contributed by atoms with van der Waals surface area (Å²) >= 11 is 1.46. The van der Waals surface area contributed by atoms with Gasteiger partial charge in [-0.3, -0.25) is 4.79 Å². The van der Waals surface area contributed by atoms with Crippen LogP contribution in [0.4, 0.5) is 5.69 Å². The van der Waals surface area contributed by atoms with Gasteiger partial charge in [0.2, 0.25) is 0 Å². The van der Waals surface area contributed by atoms with E-state index < -0.39 is 0 Å². The zero-order valence-electron chi connectivity index (χ0n) is 12.9. The van der Waals surface area contributed by atoms with Gasteiger partial charge in [0.25, 0.3) is 5.91 Å². The van der Waals surface area contributed by atoms with Gasteiger partial charge in [-0.15, -0.1) is 0 Å². The van der Waals surface area contributed by atoms with Crippen molar-refractivity contribution in [2.24, 2.45) is 0 Å². The van der Waals surface area contributed by atoms with Crippen molar-refractivity contribution in [3.8, 4) is 0 Å². The number of carbonyl (C=O) groups excluding carboxylic acids is 1. The highest BCUT2D eigenvalue weighted by molar-refractivity contribution is 7.98. The van der Waals surface area contributed by atoms with Gasteiger partial charge >= 0.3 is 0 Å². The largest absolute Gasteiger partial charge is 0.321 e. The lowest BCUT2D eigenvalue weighted by Gasteiger charge is -2.13. The van der Waals surface area contributed by atoms with Crippen LogP contribution in [0, 0.1) is 27.7 Å². The number of nitrogens with zero attached hydrogens (tertiary/aromatic N) is 2. The number of thioether (sulfide) groups is 1. The lowest BCUT2D eigenvalue weighted by molar-refractivity contribution is 0.102. The summed E-state index contributed by atoms with van der Waals surface area (Å²) in [5.74, 6) is -0.171. The maximum absolute atomic E-state index is 12.4. The van der Waals surface area contributed by atoms with Crippen LogP contribution >= 0.6 is 11.8 Å². The average Bonchev–Trinajstić information content (AvgIpc) is 2.42. The van der Waals surface area contributed by atoms with Crippen LogP contribution in [0.2, 0.25) is 0 Å². The summed E-state index contributed by atoms with van der Waals surface area (Å²) in [7, 11) is 0. The molecule has 4 nitrogen and oxygen atoms in total. The van der Waals surface area contributed by atoms with Gasteiger partial charge in [-0.25, -0.2) is 9.97 Å². The molecule has 5 heteroatoms. The van der Waals surface area contributed by atoms with Gasteiger partial charge in [-0.1, -0.05) is 29.5 Å². The van der Waals surface area contributed by atoms with Crippen LogP contribution in [0.25, 0.3) is 0 Å². The first-order chi connectivity index (χ1) is 9.92. The van der Waals surface area contributed by atoms with Crippen LogP contribution in [0.5, 0.6) is 0 Å². The van der Waals surface area contributed by atoms with Crippen LogP contribution in [0.1, 0.15) is 32.7 Å². The van der Waals surface area contributed by atoms with Gasteiger partial charge < -0.3 is 5.32 Å². The molecule has 0 unspecified atom stereocenters. The minimum atomic E-state index is -0.171. The van der Waals surface area contributed by atoms with Gasteiger partial charge in [-0.2, -0.15) is 0 Å². The molecule has 0 aliphatic heterocycles. The molecule has 1 amide bonds. The fourth-order valence-corrected chi connectivity index (χ4v) is 2.71. The smallest absolute Gasteiger partial charge is 0.259 e. The summed E-state index contributed by atoms with van der Waals surface area (Å²) in [6.07, 6.45) is 3.50. The number of aromatic nitrogens is 2. The molecule has 0 saturated carbocycles. The van der Waals surface area contributed by atoms with Gasteiger partial charge in [0.1, 0.15) is 0 Å². The summed E-state index contributed by atoms with van der Waals surface area (Å²) in [4.78, 5) is 20.9. The van der Waals surface area contributed by atoms with Crippen molar-refractivity contribution < 1.29 is 4.79 Å². The van der Waals surface area contributed by atoms with E-state index in [2.05, 4.69) is 27.4 Å². The Bertz CT molecular complexity index is 675. The first-order valence-electron chi connectivity index (χ1n) is 6.69. The topological polar surface area (TPSA) is 54.9 Å². The van der Waals surface area contributed by atoms with E-state index in [0.29, 0.717) is 16.4 Å². The van der Waals surface area contributed by atoms with E-state index in [-0.39, 0.29) is 5.91 Å². The van der Waals surface area contributed by atoms with Crippen molar-refractivity contribution in [3.05, 3.63) is 46.3 Å². The van der Waals surface area contributed by atoms with Crippen LogP contribution in [0.3, 0.4) is 0 Å². The van der Waals surface area contributed by atoms with Gasteiger partial charge in [0.05, 0.1) is 11.3 Å². The molecule has 110 valence electrons. The molecular formula is C16H19N3OS. The summed E-state index contributed by atoms with van der Waals surface area (Å²) in [6, 6.07) is 4.12. The maximum atomic E-state index is 12.4. The van der Waals surface area contributed by atoms with E-state index in [1.54, 1.807) is 6.20 Å².